The smallest absolute Gasteiger partial charge is 0.382 e. The maximum Gasteiger partial charge on any atom is 0.416 e. The number of anilines is 2. The summed E-state index contributed by atoms with van der Waals surface area (Å²) in [6.45, 7) is 5.24. The molecule has 1 saturated heterocycles. The number of nitrogens with one attached hydrogen (secondary N) is 2. The maximum atomic E-state index is 15.0. The Morgan fingerprint density at radius 3 is 2.23 bits per heavy atom. The van der Waals surface area contributed by atoms with E-state index < -0.39 is 41.3 Å². The second-order valence-corrected chi connectivity index (χ2v) is 12.0. The van der Waals surface area contributed by atoms with Crippen LogP contribution in [-0.2, 0) is 11.0 Å². The minimum Gasteiger partial charge on any atom is -0.382 e. The Morgan fingerprint density at radius 1 is 0.907 bits per heavy atom. The number of aryl methyl sites for hydroxylation is 2. The van der Waals surface area contributed by atoms with Crippen LogP contribution in [0.1, 0.15) is 77.7 Å². The molecular formula is C34H37F4N3O2. The van der Waals surface area contributed by atoms with Gasteiger partial charge in [0, 0.05) is 24.0 Å². The molecule has 1 aliphatic heterocycles. The average molecular weight is 596 g/mol. The summed E-state index contributed by atoms with van der Waals surface area (Å²) in [5.74, 6) is -2.56. The first kappa shape index (κ1) is 30.6. The topological polar surface area (TPSA) is 61.4 Å². The molecule has 43 heavy (non-hydrogen) atoms. The number of nitrogens with zero attached hydrogens (tertiary/aromatic N) is 1. The van der Waals surface area contributed by atoms with E-state index in [1.165, 1.54) is 38.0 Å². The van der Waals surface area contributed by atoms with E-state index in [4.69, 9.17) is 0 Å². The highest BCUT2D eigenvalue weighted by Crippen LogP contribution is 2.41. The van der Waals surface area contributed by atoms with Crippen molar-refractivity contribution in [2.45, 2.75) is 71.1 Å². The van der Waals surface area contributed by atoms with E-state index in [9.17, 15) is 22.8 Å². The molecule has 0 spiro atoms. The van der Waals surface area contributed by atoms with Crippen LogP contribution in [0, 0.1) is 31.5 Å². The molecule has 2 fully saturated rings. The number of piperidine rings is 1. The summed E-state index contributed by atoms with van der Waals surface area (Å²) in [6.07, 6.45) is 0.404. The molecule has 228 valence electrons. The highest BCUT2D eigenvalue weighted by Gasteiger charge is 2.43. The molecule has 1 saturated carbocycles. The molecule has 3 aromatic rings. The first-order valence-electron chi connectivity index (χ1n) is 14.8. The fourth-order valence-electron chi connectivity index (χ4n) is 6.54. The van der Waals surface area contributed by atoms with Gasteiger partial charge >= 0.3 is 6.18 Å². The first-order valence-corrected chi connectivity index (χ1v) is 14.8. The molecule has 2 amide bonds. The lowest BCUT2D eigenvalue weighted by Crippen LogP contribution is -2.49. The average Bonchev–Trinajstić information content (AvgIpc) is 3.46. The summed E-state index contributed by atoms with van der Waals surface area (Å²) < 4.78 is 55.8. The van der Waals surface area contributed by atoms with Gasteiger partial charge in [-0.25, -0.2) is 4.39 Å². The Bertz CT molecular complexity index is 1460. The van der Waals surface area contributed by atoms with Crippen molar-refractivity contribution < 1.29 is 27.2 Å². The number of carbonyl (C=O) groups is 2. The molecule has 9 heteroatoms. The number of amides is 2. The van der Waals surface area contributed by atoms with Crippen molar-refractivity contribution in [1.82, 2.24) is 4.90 Å². The van der Waals surface area contributed by atoms with Crippen LogP contribution in [0.3, 0.4) is 0 Å². The van der Waals surface area contributed by atoms with Gasteiger partial charge in [-0.2, -0.15) is 13.2 Å². The monoisotopic (exact) mass is 595 g/mol. The van der Waals surface area contributed by atoms with E-state index in [0.29, 0.717) is 30.1 Å². The third kappa shape index (κ3) is 6.71. The van der Waals surface area contributed by atoms with Crippen molar-refractivity contribution >= 4 is 23.2 Å². The molecule has 0 radical (unpaired) electrons. The predicted octanol–water partition coefficient (Wildman–Crippen LogP) is 8.29. The third-order valence-electron chi connectivity index (χ3n) is 8.70. The van der Waals surface area contributed by atoms with Gasteiger partial charge in [0.1, 0.15) is 5.82 Å². The molecule has 2 aliphatic rings. The van der Waals surface area contributed by atoms with Gasteiger partial charge in [0.05, 0.1) is 23.1 Å². The van der Waals surface area contributed by atoms with Crippen LogP contribution in [0.2, 0.25) is 0 Å². The lowest BCUT2D eigenvalue weighted by Gasteiger charge is -2.44. The quantitative estimate of drug-likeness (QED) is 0.282. The summed E-state index contributed by atoms with van der Waals surface area (Å²) in [7, 11) is 0. The zero-order chi connectivity index (χ0) is 30.9. The maximum absolute atomic E-state index is 15.0. The van der Waals surface area contributed by atoms with Crippen LogP contribution in [0.25, 0.3) is 0 Å². The number of alkyl halides is 3. The van der Waals surface area contributed by atoms with E-state index in [1.807, 2.05) is 31.2 Å². The highest BCUT2D eigenvalue weighted by molar-refractivity contribution is 5.98. The molecule has 0 unspecified atom stereocenters. The Balaban J connectivity index is 1.51. The van der Waals surface area contributed by atoms with Crippen LogP contribution in [0.4, 0.5) is 28.9 Å². The molecule has 0 bridgehead atoms. The van der Waals surface area contributed by atoms with E-state index >= 15 is 4.39 Å². The van der Waals surface area contributed by atoms with E-state index in [1.54, 1.807) is 24.0 Å². The molecule has 3 aromatic carbocycles. The Hall–Kier alpha value is -3.88. The minimum absolute atomic E-state index is 0.0267. The van der Waals surface area contributed by atoms with E-state index in [-0.39, 0.29) is 22.7 Å². The van der Waals surface area contributed by atoms with Gasteiger partial charge in [-0.3, -0.25) is 9.59 Å². The highest BCUT2D eigenvalue weighted by atomic mass is 19.4. The molecule has 3 atom stereocenters. The van der Waals surface area contributed by atoms with Gasteiger partial charge in [-0.1, -0.05) is 50.1 Å². The summed E-state index contributed by atoms with van der Waals surface area (Å²) in [5, 5.41) is 6.23. The van der Waals surface area contributed by atoms with Crippen LogP contribution in [0.15, 0.2) is 60.7 Å². The molecule has 0 aromatic heterocycles. The summed E-state index contributed by atoms with van der Waals surface area (Å²) in [6, 6.07) is 15.4. The number of halogens is 4. The van der Waals surface area contributed by atoms with Crippen molar-refractivity contribution in [3.8, 4) is 0 Å². The first-order chi connectivity index (χ1) is 20.4. The zero-order valence-electron chi connectivity index (χ0n) is 24.6. The van der Waals surface area contributed by atoms with Crippen LogP contribution in [-0.4, -0.2) is 29.3 Å². The number of rotatable bonds is 6. The van der Waals surface area contributed by atoms with Crippen molar-refractivity contribution in [1.29, 1.82) is 0 Å². The number of carbonyl (C=O) groups excluding carboxylic acids is 2. The summed E-state index contributed by atoms with van der Waals surface area (Å²) in [4.78, 5) is 29.4. The number of hydrogen-bond acceptors (Lipinski definition) is 3. The van der Waals surface area contributed by atoms with Crippen molar-refractivity contribution in [3.05, 3.63) is 94.3 Å². The Labute approximate surface area is 249 Å². The third-order valence-corrected chi connectivity index (χ3v) is 8.70. The molecule has 2 N–H and O–H groups in total. The zero-order valence-corrected chi connectivity index (χ0v) is 24.6. The van der Waals surface area contributed by atoms with Gasteiger partial charge in [0.2, 0.25) is 5.91 Å². The lowest BCUT2D eigenvalue weighted by molar-refractivity contribution is -0.138. The van der Waals surface area contributed by atoms with Gasteiger partial charge in [0.25, 0.3) is 5.91 Å². The molecule has 1 heterocycles. The van der Waals surface area contributed by atoms with E-state index in [2.05, 4.69) is 10.6 Å². The fourth-order valence-corrected chi connectivity index (χ4v) is 6.54. The van der Waals surface area contributed by atoms with E-state index in [0.717, 1.165) is 24.6 Å². The van der Waals surface area contributed by atoms with Crippen molar-refractivity contribution in [2.24, 2.45) is 11.8 Å². The van der Waals surface area contributed by atoms with Crippen molar-refractivity contribution in [3.63, 3.8) is 0 Å². The van der Waals surface area contributed by atoms with Crippen LogP contribution >= 0.6 is 0 Å². The van der Waals surface area contributed by atoms with Crippen LogP contribution in [0.5, 0.6) is 0 Å². The number of likely N-dealkylation sites (tertiary alicyclic amines) is 1. The lowest BCUT2D eigenvalue weighted by atomic mass is 9.79. The predicted molar refractivity (Wildman–Crippen MR) is 159 cm³/mol. The molecular weight excluding hydrogens is 558 g/mol. The Morgan fingerprint density at radius 2 is 1.58 bits per heavy atom. The largest absolute Gasteiger partial charge is 0.416 e. The summed E-state index contributed by atoms with van der Waals surface area (Å²) in [5.41, 5.74) is 1.33. The second-order valence-electron chi connectivity index (χ2n) is 12.0. The summed E-state index contributed by atoms with van der Waals surface area (Å²) >= 11 is 0. The standard InChI is InChI=1S/C34H37F4N3O2/c1-20-17-27(32(42)40-26-14-11-21(2)28(18-26)34(36,37)38)31(23-12-15-25(16-13-23)39-24-8-4-5-9-24)41(19-20)33(43)30-22(3)7-6-10-29(30)35/h6-7,10-16,18,20,24,27,31,39H,4-5,8-9,17,19H2,1-3H3,(H,40,42)/t20-,27+,31+/m1/s1. The molecule has 5 rings (SSSR count). The van der Waals surface area contributed by atoms with Gasteiger partial charge in [0.15, 0.2) is 0 Å². The van der Waals surface area contributed by atoms with Gasteiger partial charge < -0.3 is 15.5 Å². The molecule has 1 aliphatic carbocycles. The van der Waals surface area contributed by atoms with Gasteiger partial charge in [-0.15, -0.1) is 0 Å². The van der Waals surface area contributed by atoms with Gasteiger partial charge in [-0.05, 0) is 86.1 Å². The number of benzene rings is 3. The normalized spacial score (nSPS) is 21.1. The fraction of sp³-hybridized carbons (Fsp3) is 0.412. The molecule has 5 nitrogen and oxygen atoms in total. The van der Waals surface area contributed by atoms with Crippen molar-refractivity contribution in [2.75, 3.05) is 17.2 Å². The van der Waals surface area contributed by atoms with Crippen LogP contribution < -0.4 is 10.6 Å². The minimum atomic E-state index is -4.57. The second kappa shape index (κ2) is 12.4. The SMILES string of the molecule is Cc1ccc(NC(=O)[C@H]2C[C@@H](C)CN(C(=O)c3c(C)cccc3F)[C@H]2c2ccc(NC3CCCC3)cc2)cc1C(F)(F)F. The number of hydrogen-bond donors (Lipinski definition) is 2. The Kier molecular flexibility index (Phi) is 8.81.